The number of carboxylic acids is 1. The van der Waals surface area contributed by atoms with Gasteiger partial charge < -0.3 is 10.0 Å². The van der Waals surface area contributed by atoms with Crippen molar-refractivity contribution >= 4 is 33.5 Å². The number of benzene rings is 1. The molecule has 0 radical (unpaired) electrons. The fourth-order valence-electron chi connectivity index (χ4n) is 3.25. The zero-order valence-corrected chi connectivity index (χ0v) is 12.6. The normalized spacial score (nSPS) is 24.8. The second-order valence-corrected chi connectivity index (χ2v) is 6.47. The minimum Gasteiger partial charge on any atom is -0.481 e. The van der Waals surface area contributed by atoms with Crippen LogP contribution in [0.15, 0.2) is 22.7 Å². The standard InChI is InChI=1S/C15H16BrNO3/c16-12-3-4-13-9(8-12)5-6-17(13)14(18)10-1-2-11(7-10)15(19)20/h3-4,8,10-11H,1-2,5-7H2,(H,19,20)/t10-,11+/m0/s1. The first-order valence-electron chi connectivity index (χ1n) is 6.89. The maximum Gasteiger partial charge on any atom is 0.306 e. The summed E-state index contributed by atoms with van der Waals surface area (Å²) in [4.78, 5) is 25.4. The molecule has 3 rings (SSSR count). The number of fused-ring (bicyclic) bond motifs is 1. The first kappa shape index (κ1) is 13.6. The van der Waals surface area contributed by atoms with E-state index in [9.17, 15) is 9.59 Å². The molecule has 0 unspecified atom stereocenters. The molecule has 1 saturated carbocycles. The van der Waals surface area contributed by atoms with Crippen LogP contribution in [0.5, 0.6) is 0 Å². The van der Waals surface area contributed by atoms with E-state index in [1.807, 2.05) is 17.0 Å². The lowest BCUT2D eigenvalue weighted by molar-refractivity contribution is -0.141. The van der Waals surface area contributed by atoms with Gasteiger partial charge in [-0.3, -0.25) is 9.59 Å². The Labute approximate surface area is 125 Å². The van der Waals surface area contributed by atoms with Crippen molar-refractivity contribution in [2.45, 2.75) is 25.7 Å². The van der Waals surface area contributed by atoms with Gasteiger partial charge in [0, 0.05) is 22.6 Å². The minimum atomic E-state index is -0.772. The van der Waals surface area contributed by atoms with E-state index in [2.05, 4.69) is 22.0 Å². The molecule has 0 aromatic heterocycles. The number of carboxylic acid groups (broad SMARTS) is 1. The maximum atomic E-state index is 12.6. The molecule has 0 bridgehead atoms. The fourth-order valence-corrected chi connectivity index (χ4v) is 3.66. The topological polar surface area (TPSA) is 57.6 Å². The van der Waals surface area contributed by atoms with Crippen LogP contribution in [0.2, 0.25) is 0 Å². The Morgan fingerprint density at radius 1 is 1.25 bits per heavy atom. The summed E-state index contributed by atoms with van der Waals surface area (Å²) in [5.41, 5.74) is 2.16. The van der Waals surface area contributed by atoms with E-state index < -0.39 is 5.97 Å². The second kappa shape index (κ2) is 5.20. The number of nitrogens with zero attached hydrogens (tertiary/aromatic N) is 1. The number of anilines is 1. The molecule has 1 aliphatic heterocycles. The van der Waals surface area contributed by atoms with Crippen LogP contribution in [0.1, 0.15) is 24.8 Å². The fraction of sp³-hybridized carbons (Fsp3) is 0.467. The summed E-state index contributed by atoms with van der Waals surface area (Å²) >= 11 is 3.44. The Balaban J connectivity index is 1.76. The van der Waals surface area contributed by atoms with E-state index in [4.69, 9.17) is 5.11 Å². The van der Waals surface area contributed by atoms with Crippen molar-refractivity contribution in [3.05, 3.63) is 28.2 Å². The highest BCUT2D eigenvalue weighted by molar-refractivity contribution is 9.10. The highest BCUT2D eigenvalue weighted by Crippen LogP contribution is 2.36. The summed E-state index contributed by atoms with van der Waals surface area (Å²) in [6.45, 7) is 0.707. The van der Waals surface area contributed by atoms with Crippen LogP contribution in [0.25, 0.3) is 0 Å². The molecule has 1 aliphatic carbocycles. The Bertz CT molecular complexity index is 572. The summed E-state index contributed by atoms with van der Waals surface area (Å²) in [5, 5.41) is 9.04. The average Bonchev–Trinajstić information content (AvgIpc) is 3.04. The zero-order chi connectivity index (χ0) is 14.3. The van der Waals surface area contributed by atoms with Gasteiger partial charge in [-0.1, -0.05) is 15.9 Å². The molecule has 0 spiro atoms. The van der Waals surface area contributed by atoms with Crippen molar-refractivity contribution in [2.75, 3.05) is 11.4 Å². The number of hydrogen-bond donors (Lipinski definition) is 1. The number of carbonyl (C=O) groups excluding carboxylic acids is 1. The monoisotopic (exact) mass is 337 g/mol. The third-order valence-electron chi connectivity index (χ3n) is 4.33. The predicted molar refractivity (Wildman–Crippen MR) is 78.7 cm³/mol. The van der Waals surface area contributed by atoms with Crippen LogP contribution in [0, 0.1) is 11.8 Å². The van der Waals surface area contributed by atoms with Crippen LogP contribution in [0.4, 0.5) is 5.69 Å². The predicted octanol–water partition coefficient (Wildman–Crippen LogP) is 2.84. The molecule has 5 heteroatoms. The number of rotatable bonds is 2. The molecule has 1 aromatic carbocycles. The van der Waals surface area contributed by atoms with Crippen molar-refractivity contribution < 1.29 is 14.7 Å². The number of amides is 1. The summed E-state index contributed by atoms with van der Waals surface area (Å²) < 4.78 is 1.03. The van der Waals surface area contributed by atoms with Gasteiger partial charge in [0.15, 0.2) is 0 Å². The molecule has 1 heterocycles. The van der Waals surface area contributed by atoms with Gasteiger partial charge in [0.2, 0.25) is 5.91 Å². The quantitative estimate of drug-likeness (QED) is 0.902. The smallest absolute Gasteiger partial charge is 0.306 e. The Hall–Kier alpha value is -1.36. The Morgan fingerprint density at radius 2 is 2.00 bits per heavy atom. The van der Waals surface area contributed by atoms with Crippen molar-refractivity contribution in [2.24, 2.45) is 11.8 Å². The Morgan fingerprint density at radius 3 is 2.70 bits per heavy atom. The van der Waals surface area contributed by atoms with Gasteiger partial charge in [-0.15, -0.1) is 0 Å². The first-order chi connectivity index (χ1) is 9.56. The summed E-state index contributed by atoms with van der Waals surface area (Å²) in [6, 6.07) is 5.96. The van der Waals surface area contributed by atoms with Crippen LogP contribution in [0.3, 0.4) is 0 Å². The van der Waals surface area contributed by atoms with Gasteiger partial charge in [0.1, 0.15) is 0 Å². The third-order valence-corrected chi connectivity index (χ3v) is 4.83. The molecular weight excluding hydrogens is 322 g/mol. The van der Waals surface area contributed by atoms with E-state index in [0.29, 0.717) is 25.8 Å². The molecule has 2 aliphatic rings. The lowest BCUT2D eigenvalue weighted by Gasteiger charge is -2.21. The SMILES string of the molecule is O=C(O)[C@@H]1CC[C@H](C(=O)N2CCc3cc(Br)ccc32)C1. The molecule has 1 fully saturated rings. The van der Waals surface area contributed by atoms with E-state index in [1.165, 1.54) is 5.56 Å². The minimum absolute atomic E-state index is 0.0924. The maximum absolute atomic E-state index is 12.6. The molecule has 0 saturated heterocycles. The van der Waals surface area contributed by atoms with Gasteiger partial charge in [-0.2, -0.15) is 0 Å². The summed E-state index contributed by atoms with van der Waals surface area (Å²) in [7, 11) is 0. The summed E-state index contributed by atoms with van der Waals surface area (Å²) in [5.74, 6) is -1.16. The van der Waals surface area contributed by atoms with E-state index in [1.54, 1.807) is 0 Å². The number of hydrogen-bond acceptors (Lipinski definition) is 2. The lowest BCUT2D eigenvalue weighted by atomic mass is 10.0. The highest BCUT2D eigenvalue weighted by Gasteiger charge is 2.37. The lowest BCUT2D eigenvalue weighted by Crippen LogP contribution is -2.34. The van der Waals surface area contributed by atoms with Gasteiger partial charge in [-0.25, -0.2) is 0 Å². The van der Waals surface area contributed by atoms with Gasteiger partial charge in [0.05, 0.1) is 5.92 Å². The van der Waals surface area contributed by atoms with Crippen LogP contribution >= 0.6 is 15.9 Å². The summed E-state index contributed by atoms with van der Waals surface area (Å²) in [6.07, 6.45) is 2.66. The van der Waals surface area contributed by atoms with Crippen molar-refractivity contribution in [3.63, 3.8) is 0 Å². The molecule has 1 N–H and O–H groups in total. The molecule has 106 valence electrons. The molecule has 20 heavy (non-hydrogen) atoms. The van der Waals surface area contributed by atoms with Crippen LogP contribution in [-0.2, 0) is 16.0 Å². The van der Waals surface area contributed by atoms with E-state index in [-0.39, 0.29) is 17.7 Å². The Kier molecular flexibility index (Phi) is 3.54. The van der Waals surface area contributed by atoms with Crippen molar-refractivity contribution in [3.8, 4) is 0 Å². The van der Waals surface area contributed by atoms with Gasteiger partial charge in [0.25, 0.3) is 0 Å². The first-order valence-corrected chi connectivity index (χ1v) is 7.68. The van der Waals surface area contributed by atoms with E-state index >= 15 is 0 Å². The number of carbonyl (C=O) groups is 2. The molecule has 4 nitrogen and oxygen atoms in total. The molecule has 1 amide bonds. The number of halogens is 1. The average molecular weight is 338 g/mol. The largest absolute Gasteiger partial charge is 0.481 e. The van der Waals surface area contributed by atoms with E-state index in [0.717, 1.165) is 16.6 Å². The molecule has 2 atom stereocenters. The van der Waals surface area contributed by atoms with Crippen LogP contribution in [-0.4, -0.2) is 23.5 Å². The third kappa shape index (κ3) is 2.35. The highest BCUT2D eigenvalue weighted by atomic mass is 79.9. The molecular formula is C15H16BrNO3. The van der Waals surface area contributed by atoms with Gasteiger partial charge >= 0.3 is 5.97 Å². The van der Waals surface area contributed by atoms with Crippen molar-refractivity contribution in [1.82, 2.24) is 0 Å². The molecule has 1 aromatic rings. The van der Waals surface area contributed by atoms with Gasteiger partial charge in [-0.05, 0) is 49.4 Å². The van der Waals surface area contributed by atoms with Crippen LogP contribution < -0.4 is 4.90 Å². The zero-order valence-electron chi connectivity index (χ0n) is 11.0. The van der Waals surface area contributed by atoms with Crippen molar-refractivity contribution in [1.29, 1.82) is 0 Å². The second-order valence-electron chi connectivity index (χ2n) is 5.56. The number of aliphatic carboxylic acids is 1.